The van der Waals surface area contributed by atoms with Gasteiger partial charge in [-0.15, -0.1) is 0 Å². The molecule has 2 aliphatic carbocycles. The van der Waals surface area contributed by atoms with E-state index in [0.29, 0.717) is 0 Å². The fourth-order valence-electron chi connectivity index (χ4n) is 13.9. The first-order chi connectivity index (χ1) is 38.2. The average Bonchev–Trinajstić information content (AvgIpc) is 4.21. The molecule has 2 aliphatic heterocycles. The smallest absolute Gasteiger partial charge is 0.132 e. The first-order valence-corrected chi connectivity index (χ1v) is 26.6. The first-order valence-electron chi connectivity index (χ1n) is 26.6. The molecular formula is C74H47NO2. The van der Waals surface area contributed by atoms with Gasteiger partial charge in [0.1, 0.15) is 23.0 Å². The molecule has 12 aromatic carbocycles. The molecule has 2 heterocycles. The van der Waals surface area contributed by atoms with Crippen LogP contribution in [0.1, 0.15) is 44.5 Å². The van der Waals surface area contributed by atoms with Crippen molar-refractivity contribution in [2.45, 2.75) is 10.8 Å². The summed E-state index contributed by atoms with van der Waals surface area (Å²) in [6.45, 7) is 0. The molecule has 0 unspecified atom stereocenters. The van der Waals surface area contributed by atoms with Gasteiger partial charge in [-0.1, -0.05) is 231 Å². The van der Waals surface area contributed by atoms with Gasteiger partial charge in [0.25, 0.3) is 0 Å². The van der Waals surface area contributed by atoms with Crippen molar-refractivity contribution in [3.8, 4) is 78.6 Å². The van der Waals surface area contributed by atoms with Crippen molar-refractivity contribution in [2.75, 3.05) is 4.90 Å². The summed E-state index contributed by atoms with van der Waals surface area (Å²) in [5, 5.41) is 0. The highest BCUT2D eigenvalue weighted by molar-refractivity contribution is 6.02. The van der Waals surface area contributed by atoms with Gasteiger partial charge < -0.3 is 14.4 Å². The zero-order valence-corrected chi connectivity index (χ0v) is 41.9. The van der Waals surface area contributed by atoms with E-state index < -0.39 is 10.8 Å². The molecule has 2 spiro atoms. The van der Waals surface area contributed by atoms with Crippen LogP contribution in [-0.2, 0) is 10.8 Å². The molecule has 0 radical (unpaired) electrons. The van der Waals surface area contributed by atoms with Crippen LogP contribution in [0.2, 0.25) is 0 Å². The molecule has 12 aromatic rings. The Morgan fingerprint density at radius 3 is 1.12 bits per heavy atom. The van der Waals surface area contributed by atoms with Crippen molar-refractivity contribution in [1.29, 1.82) is 0 Å². The van der Waals surface area contributed by atoms with Gasteiger partial charge in [0.15, 0.2) is 0 Å². The molecule has 3 heteroatoms. The Morgan fingerprint density at radius 1 is 0.234 bits per heavy atom. The van der Waals surface area contributed by atoms with Crippen LogP contribution in [0.3, 0.4) is 0 Å². The van der Waals surface area contributed by atoms with Crippen LogP contribution in [0.15, 0.2) is 285 Å². The van der Waals surface area contributed by atoms with E-state index in [9.17, 15) is 0 Å². The van der Waals surface area contributed by atoms with Crippen molar-refractivity contribution in [3.63, 3.8) is 0 Å². The largest absolute Gasteiger partial charge is 0.457 e. The number of anilines is 3. The molecule has 0 fully saturated rings. The Hall–Kier alpha value is -9.96. The van der Waals surface area contributed by atoms with Gasteiger partial charge in [-0.05, 0) is 127 Å². The number of nitrogens with zero attached hydrogens (tertiary/aromatic N) is 1. The van der Waals surface area contributed by atoms with Gasteiger partial charge in [0.05, 0.1) is 16.5 Å². The Kier molecular flexibility index (Phi) is 9.47. The second-order valence-corrected chi connectivity index (χ2v) is 20.6. The van der Waals surface area contributed by atoms with Crippen molar-refractivity contribution >= 4 is 17.1 Å². The number of fused-ring (bicyclic) bond motifs is 18. The predicted molar refractivity (Wildman–Crippen MR) is 312 cm³/mol. The van der Waals surface area contributed by atoms with Gasteiger partial charge >= 0.3 is 0 Å². The number of hydrogen-bond donors (Lipinski definition) is 0. The highest BCUT2D eigenvalue weighted by atomic mass is 16.5. The van der Waals surface area contributed by atoms with Crippen molar-refractivity contribution in [2.24, 2.45) is 0 Å². The van der Waals surface area contributed by atoms with Crippen LogP contribution in [0.5, 0.6) is 23.0 Å². The van der Waals surface area contributed by atoms with E-state index in [2.05, 4.69) is 290 Å². The maximum atomic E-state index is 6.73. The van der Waals surface area contributed by atoms with Gasteiger partial charge in [-0.25, -0.2) is 0 Å². The van der Waals surface area contributed by atoms with E-state index in [4.69, 9.17) is 9.47 Å². The van der Waals surface area contributed by atoms with Gasteiger partial charge in [-0.3, -0.25) is 0 Å². The number of rotatable bonds is 6. The van der Waals surface area contributed by atoms with E-state index in [0.717, 1.165) is 79.0 Å². The third-order valence-electron chi connectivity index (χ3n) is 16.8. The first kappa shape index (κ1) is 43.4. The molecule has 0 atom stereocenters. The zero-order valence-electron chi connectivity index (χ0n) is 41.9. The van der Waals surface area contributed by atoms with E-state index in [1.165, 1.54) is 61.2 Å². The summed E-state index contributed by atoms with van der Waals surface area (Å²) in [6.07, 6.45) is 0. The van der Waals surface area contributed by atoms with Crippen molar-refractivity contribution in [1.82, 2.24) is 0 Å². The Morgan fingerprint density at radius 2 is 0.584 bits per heavy atom. The molecule has 0 N–H and O–H groups in total. The third kappa shape index (κ3) is 6.08. The number of hydrogen-bond acceptors (Lipinski definition) is 3. The Balaban J connectivity index is 0.924. The van der Waals surface area contributed by atoms with Gasteiger partial charge in [0.2, 0.25) is 0 Å². The minimum atomic E-state index is -0.595. The Labute approximate surface area is 448 Å². The van der Waals surface area contributed by atoms with Crippen molar-refractivity contribution < 1.29 is 9.47 Å². The summed E-state index contributed by atoms with van der Waals surface area (Å²) in [6, 6.07) is 104. The highest BCUT2D eigenvalue weighted by Gasteiger charge is 2.53. The Bertz CT molecular complexity index is 4290. The summed E-state index contributed by atoms with van der Waals surface area (Å²) in [5.74, 6) is 3.54. The molecule has 360 valence electrons. The molecule has 0 aromatic heterocycles. The average molecular weight is 982 g/mol. The molecule has 0 bridgehead atoms. The van der Waals surface area contributed by atoms with E-state index in [1.807, 2.05) is 0 Å². The summed E-state index contributed by atoms with van der Waals surface area (Å²) in [7, 11) is 0. The normalized spacial score (nSPS) is 13.9. The number of benzene rings is 12. The lowest BCUT2D eigenvalue weighted by Crippen LogP contribution is -2.32. The minimum Gasteiger partial charge on any atom is -0.457 e. The summed E-state index contributed by atoms with van der Waals surface area (Å²) in [4.78, 5) is 2.48. The summed E-state index contributed by atoms with van der Waals surface area (Å²) in [5.41, 5.74) is 23.5. The molecule has 0 saturated carbocycles. The predicted octanol–water partition coefficient (Wildman–Crippen LogP) is 19.1. The summed E-state index contributed by atoms with van der Waals surface area (Å²) >= 11 is 0. The molecule has 0 amide bonds. The zero-order chi connectivity index (χ0) is 50.7. The van der Waals surface area contributed by atoms with E-state index in [-0.39, 0.29) is 0 Å². The van der Waals surface area contributed by atoms with Crippen LogP contribution < -0.4 is 14.4 Å². The van der Waals surface area contributed by atoms with Crippen LogP contribution in [0.25, 0.3) is 55.6 Å². The SMILES string of the molecule is c1ccc(-c2cccc(N(c3cccc(-c4cccc5c4-c4ccccc4C54c5ccccc5Oc5ccccc54)c3)c3ccccc3-c3cccc4c3-c3ccccc3C43c4ccccc4Oc4ccccc43)c2)cc1. The molecule has 4 aliphatic rings. The lowest BCUT2D eigenvalue weighted by molar-refractivity contribution is 0.436. The third-order valence-corrected chi connectivity index (χ3v) is 16.8. The van der Waals surface area contributed by atoms with Crippen LogP contribution in [0, 0.1) is 0 Å². The fraction of sp³-hybridized carbons (Fsp3) is 0.0270. The standard InChI is InChI=1S/C74H47NO2/c1-2-22-48(23-3-1)49-24-18-26-51(46-49)75(52-27-19-25-50(47-52)53-31-20-39-64-71(53)56-29-4-7-33-58(56)73(64)60-35-9-14-42-67(60)76-68-43-15-10-36-61(68)73)66-41-13-6-28-54(66)55-32-21-40-65-72(55)57-30-5-8-34-59(57)74(65)62-37-11-16-44-69(62)77-70-45-17-12-38-63(70)74/h1-47H. The van der Waals surface area contributed by atoms with Crippen LogP contribution in [-0.4, -0.2) is 0 Å². The topological polar surface area (TPSA) is 21.7 Å². The van der Waals surface area contributed by atoms with Crippen LogP contribution in [0.4, 0.5) is 17.1 Å². The van der Waals surface area contributed by atoms with E-state index in [1.54, 1.807) is 0 Å². The van der Waals surface area contributed by atoms with Crippen LogP contribution >= 0.6 is 0 Å². The maximum Gasteiger partial charge on any atom is 0.132 e. The number of para-hydroxylation sites is 5. The molecule has 16 rings (SSSR count). The molecule has 0 saturated heterocycles. The maximum absolute atomic E-state index is 6.73. The second kappa shape index (κ2) is 16.8. The monoisotopic (exact) mass is 981 g/mol. The van der Waals surface area contributed by atoms with Gasteiger partial charge in [-0.2, -0.15) is 0 Å². The van der Waals surface area contributed by atoms with Crippen molar-refractivity contribution in [3.05, 3.63) is 330 Å². The lowest BCUT2D eigenvalue weighted by Gasteiger charge is -2.39. The molecule has 3 nitrogen and oxygen atoms in total. The quantitative estimate of drug-likeness (QED) is 0.166. The fourth-order valence-corrected chi connectivity index (χ4v) is 13.9. The minimum absolute atomic E-state index is 0.574. The van der Waals surface area contributed by atoms with E-state index >= 15 is 0 Å². The second-order valence-electron chi connectivity index (χ2n) is 20.6. The summed E-state index contributed by atoms with van der Waals surface area (Å²) < 4.78 is 13.4. The number of ether oxygens (including phenoxy) is 2. The van der Waals surface area contributed by atoms with Gasteiger partial charge in [0, 0.05) is 39.2 Å². The molecular weight excluding hydrogens is 935 g/mol. The molecule has 77 heavy (non-hydrogen) atoms. The highest BCUT2D eigenvalue weighted by Crippen LogP contribution is 2.65. The lowest BCUT2D eigenvalue weighted by atomic mass is 9.66.